The van der Waals surface area contributed by atoms with Gasteiger partial charge in [0.25, 0.3) is 5.91 Å². The van der Waals surface area contributed by atoms with E-state index in [1.54, 1.807) is 36.5 Å². The minimum Gasteiger partial charge on any atom is -0.487 e. The molecule has 3 rings (SSSR count). The topological polar surface area (TPSA) is 63.6 Å². The second-order valence-corrected chi connectivity index (χ2v) is 5.57. The number of rotatable bonds is 3. The summed E-state index contributed by atoms with van der Waals surface area (Å²) in [6.45, 7) is 0.303. The van der Waals surface area contributed by atoms with E-state index >= 15 is 0 Å². The maximum absolute atomic E-state index is 11.8. The molecular formula is C16H11Cl2N3O2. The Morgan fingerprint density at radius 1 is 1.35 bits per heavy atom. The zero-order valence-electron chi connectivity index (χ0n) is 11.8. The predicted octanol–water partition coefficient (Wildman–Crippen LogP) is 3.58. The van der Waals surface area contributed by atoms with Crippen molar-refractivity contribution in [1.82, 2.24) is 10.4 Å². The number of hydrazone groups is 1. The number of fused-ring (bicyclic) bond motifs is 1. The third-order valence-corrected chi connectivity index (χ3v) is 3.55. The molecule has 1 aliphatic heterocycles. The van der Waals surface area contributed by atoms with Gasteiger partial charge < -0.3 is 4.74 Å². The summed E-state index contributed by atoms with van der Waals surface area (Å²) in [4.78, 5) is 15.7. The molecule has 5 nitrogen and oxygen atoms in total. The quantitative estimate of drug-likeness (QED) is 0.681. The fourth-order valence-corrected chi connectivity index (χ4v) is 2.60. The van der Waals surface area contributed by atoms with E-state index in [4.69, 9.17) is 27.9 Å². The smallest absolute Gasteiger partial charge is 0.289 e. The summed E-state index contributed by atoms with van der Waals surface area (Å²) in [6.07, 6.45) is 4.91. The normalized spacial score (nSPS) is 13.2. The molecule has 0 unspecified atom stereocenters. The molecule has 0 bridgehead atoms. The van der Waals surface area contributed by atoms with Crippen molar-refractivity contribution >= 4 is 41.4 Å². The second kappa shape index (κ2) is 6.81. The first kappa shape index (κ1) is 15.5. The first-order chi connectivity index (χ1) is 11.1. The van der Waals surface area contributed by atoms with E-state index in [0.717, 1.165) is 11.1 Å². The Morgan fingerprint density at radius 3 is 3.00 bits per heavy atom. The molecule has 1 aromatic carbocycles. The van der Waals surface area contributed by atoms with Gasteiger partial charge in [0, 0.05) is 22.4 Å². The molecule has 1 N–H and O–H groups in total. The number of halogens is 2. The van der Waals surface area contributed by atoms with Crippen LogP contribution < -0.4 is 10.2 Å². The van der Waals surface area contributed by atoms with Crippen LogP contribution in [-0.4, -0.2) is 23.7 Å². The highest BCUT2D eigenvalue weighted by molar-refractivity contribution is 6.36. The summed E-state index contributed by atoms with van der Waals surface area (Å²) in [5, 5.41) is 4.89. The molecule has 1 aliphatic rings. The Hall–Kier alpha value is -2.37. The van der Waals surface area contributed by atoms with Gasteiger partial charge in [-0.05, 0) is 30.3 Å². The number of nitrogens with zero attached hydrogens (tertiary/aromatic N) is 2. The number of pyridine rings is 1. The van der Waals surface area contributed by atoms with Gasteiger partial charge in [-0.2, -0.15) is 5.10 Å². The van der Waals surface area contributed by atoms with Gasteiger partial charge in [-0.15, -0.1) is 0 Å². The molecule has 7 heteroatoms. The molecule has 0 fully saturated rings. The van der Waals surface area contributed by atoms with Crippen LogP contribution in [0.25, 0.3) is 6.08 Å². The lowest BCUT2D eigenvalue weighted by Gasteiger charge is -2.17. The summed E-state index contributed by atoms with van der Waals surface area (Å²) in [6, 6.07) is 8.45. The molecule has 2 aromatic rings. The third kappa shape index (κ3) is 3.70. The molecule has 1 aromatic heterocycles. The SMILES string of the molecule is O=C(N/N=C/C1=Cc2cc(Cl)cc(Cl)c2OC1)c1ccccn1. The Balaban J connectivity index is 1.71. The maximum atomic E-state index is 11.8. The van der Waals surface area contributed by atoms with Crippen LogP contribution in [0, 0.1) is 0 Å². The summed E-state index contributed by atoms with van der Waals surface area (Å²) >= 11 is 12.0. The molecule has 0 spiro atoms. The molecule has 0 saturated heterocycles. The number of carbonyl (C=O) groups excluding carboxylic acids is 1. The third-order valence-electron chi connectivity index (χ3n) is 3.06. The van der Waals surface area contributed by atoms with E-state index in [-0.39, 0.29) is 5.91 Å². The van der Waals surface area contributed by atoms with Crippen LogP contribution in [0.4, 0.5) is 0 Å². The highest BCUT2D eigenvalue weighted by atomic mass is 35.5. The number of carbonyl (C=O) groups is 1. The van der Waals surface area contributed by atoms with Gasteiger partial charge in [-0.25, -0.2) is 5.43 Å². The lowest BCUT2D eigenvalue weighted by Crippen LogP contribution is -2.19. The molecule has 0 saturated carbocycles. The number of hydrogen-bond donors (Lipinski definition) is 1. The molecule has 2 heterocycles. The van der Waals surface area contributed by atoms with Gasteiger partial charge in [0.2, 0.25) is 0 Å². The second-order valence-electron chi connectivity index (χ2n) is 4.73. The van der Waals surface area contributed by atoms with Gasteiger partial charge in [0.05, 0.1) is 11.2 Å². The van der Waals surface area contributed by atoms with Crippen LogP contribution in [0.5, 0.6) is 5.75 Å². The fraction of sp³-hybridized carbons (Fsp3) is 0.0625. The monoisotopic (exact) mass is 347 g/mol. The van der Waals surface area contributed by atoms with Crippen molar-refractivity contribution in [2.24, 2.45) is 5.10 Å². The molecule has 1 amide bonds. The summed E-state index contributed by atoms with van der Waals surface area (Å²) < 4.78 is 5.59. The number of ether oxygens (including phenoxy) is 1. The Kier molecular flexibility index (Phi) is 4.60. The lowest BCUT2D eigenvalue weighted by molar-refractivity contribution is 0.0950. The number of aromatic nitrogens is 1. The average Bonchev–Trinajstić information content (AvgIpc) is 2.55. The molecule has 23 heavy (non-hydrogen) atoms. The van der Waals surface area contributed by atoms with Crippen molar-refractivity contribution in [3.63, 3.8) is 0 Å². The van der Waals surface area contributed by atoms with Crippen molar-refractivity contribution in [3.05, 3.63) is 63.4 Å². The Morgan fingerprint density at radius 2 is 2.22 bits per heavy atom. The van der Waals surface area contributed by atoms with E-state index in [0.29, 0.717) is 28.1 Å². The van der Waals surface area contributed by atoms with Crippen molar-refractivity contribution in [3.8, 4) is 5.75 Å². The molecule has 0 aliphatic carbocycles. The summed E-state index contributed by atoms with van der Waals surface area (Å²) in [5.74, 6) is 0.205. The maximum Gasteiger partial charge on any atom is 0.289 e. The highest BCUT2D eigenvalue weighted by Crippen LogP contribution is 2.36. The first-order valence-electron chi connectivity index (χ1n) is 6.70. The molecule has 0 radical (unpaired) electrons. The average molecular weight is 348 g/mol. The van der Waals surface area contributed by atoms with Crippen molar-refractivity contribution in [1.29, 1.82) is 0 Å². The largest absolute Gasteiger partial charge is 0.487 e. The standard InChI is InChI=1S/C16H11Cl2N3O2/c17-12-6-11-5-10(9-23-15(11)13(18)7-12)8-20-21-16(22)14-3-1-2-4-19-14/h1-8H,9H2,(H,21,22)/b20-8+. The van der Waals surface area contributed by atoms with Gasteiger partial charge in [0.15, 0.2) is 0 Å². The summed E-state index contributed by atoms with van der Waals surface area (Å²) in [7, 11) is 0. The zero-order valence-corrected chi connectivity index (χ0v) is 13.3. The highest BCUT2D eigenvalue weighted by Gasteiger charge is 2.15. The molecule has 0 atom stereocenters. The summed E-state index contributed by atoms with van der Waals surface area (Å²) in [5.41, 5.74) is 4.25. The zero-order chi connectivity index (χ0) is 16.2. The Labute approximate surface area is 142 Å². The molecule has 116 valence electrons. The van der Waals surface area contributed by atoms with Crippen molar-refractivity contribution < 1.29 is 9.53 Å². The first-order valence-corrected chi connectivity index (χ1v) is 7.46. The lowest BCUT2D eigenvalue weighted by atomic mass is 10.1. The Bertz CT molecular complexity index is 804. The number of nitrogens with one attached hydrogen (secondary N) is 1. The van der Waals surface area contributed by atoms with Crippen LogP contribution in [0.2, 0.25) is 10.0 Å². The van der Waals surface area contributed by atoms with Crippen LogP contribution in [0.15, 0.2) is 47.2 Å². The number of benzene rings is 1. The van der Waals surface area contributed by atoms with Crippen molar-refractivity contribution in [2.75, 3.05) is 6.61 Å². The number of amides is 1. The van der Waals surface area contributed by atoms with E-state index in [9.17, 15) is 4.79 Å². The van der Waals surface area contributed by atoms with Crippen LogP contribution in [-0.2, 0) is 0 Å². The van der Waals surface area contributed by atoms with Gasteiger partial charge in [-0.1, -0.05) is 29.3 Å². The van der Waals surface area contributed by atoms with Gasteiger partial charge in [-0.3, -0.25) is 9.78 Å². The minimum absolute atomic E-state index is 0.294. The predicted molar refractivity (Wildman–Crippen MR) is 90.1 cm³/mol. The van der Waals surface area contributed by atoms with Crippen LogP contribution in [0.3, 0.4) is 0 Å². The van der Waals surface area contributed by atoms with Crippen LogP contribution >= 0.6 is 23.2 Å². The van der Waals surface area contributed by atoms with Crippen molar-refractivity contribution in [2.45, 2.75) is 0 Å². The van der Waals surface area contributed by atoms with Gasteiger partial charge >= 0.3 is 0 Å². The van der Waals surface area contributed by atoms with Gasteiger partial charge in [0.1, 0.15) is 18.1 Å². The van der Waals surface area contributed by atoms with E-state index in [2.05, 4.69) is 15.5 Å². The van der Waals surface area contributed by atoms with E-state index < -0.39 is 0 Å². The minimum atomic E-state index is -0.384. The van der Waals surface area contributed by atoms with E-state index in [1.165, 1.54) is 6.21 Å². The van der Waals surface area contributed by atoms with Crippen LogP contribution in [0.1, 0.15) is 16.1 Å². The molecular weight excluding hydrogens is 337 g/mol. The number of hydrogen-bond acceptors (Lipinski definition) is 4. The van der Waals surface area contributed by atoms with E-state index in [1.807, 2.05) is 6.08 Å². The fourth-order valence-electron chi connectivity index (χ4n) is 2.04.